The molecule has 0 aliphatic carbocycles. The fraction of sp³-hybridized carbons (Fsp3) is 0.500. The number of nitrogens with one attached hydrogen (secondary N) is 1. The molecule has 1 unspecified atom stereocenters. The highest BCUT2D eigenvalue weighted by Crippen LogP contribution is 2.17. The van der Waals surface area contributed by atoms with Gasteiger partial charge in [-0.15, -0.1) is 0 Å². The lowest BCUT2D eigenvalue weighted by atomic mass is 10.2. The number of benzene rings is 1. The Kier molecular flexibility index (Phi) is 4.74. The Hall–Kier alpha value is -0.680. The van der Waals surface area contributed by atoms with E-state index in [9.17, 15) is 4.39 Å². The molecule has 94 valence electrons. The highest BCUT2D eigenvalue weighted by atomic mass is 35.5. The molecule has 0 amide bonds. The number of rotatable bonds is 4. The fourth-order valence-corrected chi connectivity index (χ4v) is 1.90. The third-order valence-electron chi connectivity index (χ3n) is 2.60. The van der Waals surface area contributed by atoms with Gasteiger partial charge in [0.15, 0.2) is 0 Å². The van der Waals surface area contributed by atoms with Gasteiger partial charge in [0.2, 0.25) is 0 Å². The summed E-state index contributed by atoms with van der Waals surface area (Å²) >= 11 is 5.69. The van der Waals surface area contributed by atoms with Crippen molar-refractivity contribution in [2.45, 2.75) is 12.6 Å². The van der Waals surface area contributed by atoms with E-state index in [1.165, 1.54) is 0 Å². The van der Waals surface area contributed by atoms with E-state index in [2.05, 4.69) is 5.32 Å². The zero-order chi connectivity index (χ0) is 12.1. The molecule has 1 aliphatic rings. The van der Waals surface area contributed by atoms with Crippen LogP contribution in [0.4, 0.5) is 4.39 Å². The molecule has 1 heterocycles. The summed E-state index contributed by atoms with van der Waals surface area (Å²) in [6.07, 6.45) is 0.0472. The molecule has 0 spiro atoms. The fourth-order valence-electron chi connectivity index (χ4n) is 1.71. The Morgan fingerprint density at radius 3 is 3.06 bits per heavy atom. The van der Waals surface area contributed by atoms with Crippen LogP contribution in [0.1, 0.15) is 5.56 Å². The summed E-state index contributed by atoms with van der Waals surface area (Å²) < 4.78 is 24.3. The van der Waals surface area contributed by atoms with Gasteiger partial charge >= 0.3 is 0 Å². The molecule has 17 heavy (non-hydrogen) atoms. The molecular formula is C12H15ClFNO2. The van der Waals surface area contributed by atoms with Crippen molar-refractivity contribution < 1.29 is 13.9 Å². The SMILES string of the molecule is Fc1c(Cl)cccc1CNCC1COCCO1. The van der Waals surface area contributed by atoms with Crippen molar-refractivity contribution >= 4 is 11.6 Å². The third-order valence-corrected chi connectivity index (χ3v) is 2.90. The molecule has 1 saturated heterocycles. The van der Waals surface area contributed by atoms with E-state index in [1.807, 2.05) is 0 Å². The molecular weight excluding hydrogens is 245 g/mol. The van der Waals surface area contributed by atoms with Crippen molar-refractivity contribution in [3.8, 4) is 0 Å². The summed E-state index contributed by atoms with van der Waals surface area (Å²) in [7, 11) is 0. The van der Waals surface area contributed by atoms with Crippen molar-refractivity contribution in [1.29, 1.82) is 0 Å². The van der Waals surface area contributed by atoms with E-state index in [1.54, 1.807) is 18.2 Å². The van der Waals surface area contributed by atoms with Gasteiger partial charge in [-0.25, -0.2) is 4.39 Å². The van der Waals surface area contributed by atoms with Crippen molar-refractivity contribution in [1.82, 2.24) is 5.32 Å². The summed E-state index contributed by atoms with van der Waals surface area (Å²) in [5.41, 5.74) is 0.564. The molecule has 1 aromatic rings. The highest BCUT2D eigenvalue weighted by molar-refractivity contribution is 6.30. The maximum absolute atomic E-state index is 13.5. The van der Waals surface area contributed by atoms with E-state index >= 15 is 0 Å². The van der Waals surface area contributed by atoms with Crippen LogP contribution in [0.25, 0.3) is 0 Å². The second kappa shape index (κ2) is 6.31. The molecule has 5 heteroatoms. The monoisotopic (exact) mass is 259 g/mol. The van der Waals surface area contributed by atoms with Crippen LogP contribution in [0.5, 0.6) is 0 Å². The maximum atomic E-state index is 13.5. The van der Waals surface area contributed by atoms with Gasteiger partial charge in [-0.05, 0) is 6.07 Å². The first-order chi connectivity index (χ1) is 8.27. The van der Waals surface area contributed by atoms with Gasteiger partial charge in [-0.2, -0.15) is 0 Å². The van der Waals surface area contributed by atoms with E-state index < -0.39 is 0 Å². The van der Waals surface area contributed by atoms with Gasteiger partial charge in [-0.1, -0.05) is 23.7 Å². The smallest absolute Gasteiger partial charge is 0.146 e. The number of hydrogen-bond acceptors (Lipinski definition) is 3. The van der Waals surface area contributed by atoms with E-state index in [4.69, 9.17) is 21.1 Å². The van der Waals surface area contributed by atoms with Gasteiger partial charge < -0.3 is 14.8 Å². The van der Waals surface area contributed by atoms with Crippen LogP contribution >= 0.6 is 11.6 Å². The first kappa shape index (κ1) is 12.8. The first-order valence-corrected chi connectivity index (χ1v) is 5.98. The van der Waals surface area contributed by atoms with Gasteiger partial charge in [0.1, 0.15) is 5.82 Å². The topological polar surface area (TPSA) is 30.5 Å². The summed E-state index contributed by atoms with van der Waals surface area (Å²) in [4.78, 5) is 0. The lowest BCUT2D eigenvalue weighted by Crippen LogP contribution is -2.37. The van der Waals surface area contributed by atoms with Crippen LogP contribution in [0.3, 0.4) is 0 Å². The van der Waals surface area contributed by atoms with Gasteiger partial charge in [0.05, 0.1) is 30.9 Å². The van der Waals surface area contributed by atoms with E-state index in [0.717, 1.165) is 0 Å². The van der Waals surface area contributed by atoms with E-state index in [0.29, 0.717) is 38.5 Å². The Morgan fingerprint density at radius 1 is 1.41 bits per heavy atom. The second-order valence-corrected chi connectivity index (χ2v) is 4.32. The summed E-state index contributed by atoms with van der Waals surface area (Å²) in [5, 5.41) is 3.29. The van der Waals surface area contributed by atoms with Crippen LogP contribution in [0.15, 0.2) is 18.2 Å². The summed E-state index contributed by atoms with van der Waals surface area (Å²) in [5.74, 6) is -0.359. The molecule has 0 aromatic heterocycles. The van der Waals surface area contributed by atoms with Crippen LogP contribution in [-0.2, 0) is 16.0 Å². The Bertz CT molecular complexity index is 370. The molecule has 0 bridgehead atoms. The number of halogens is 2. The van der Waals surface area contributed by atoms with E-state index in [-0.39, 0.29) is 16.9 Å². The van der Waals surface area contributed by atoms with Gasteiger partial charge in [-0.3, -0.25) is 0 Å². The molecule has 0 saturated carbocycles. The van der Waals surface area contributed by atoms with Crippen LogP contribution < -0.4 is 5.32 Å². The first-order valence-electron chi connectivity index (χ1n) is 5.60. The molecule has 3 nitrogen and oxygen atoms in total. The molecule has 0 radical (unpaired) electrons. The molecule has 1 atom stereocenters. The lowest BCUT2D eigenvalue weighted by Gasteiger charge is -2.23. The van der Waals surface area contributed by atoms with Crippen molar-refractivity contribution in [3.05, 3.63) is 34.6 Å². The van der Waals surface area contributed by atoms with Crippen molar-refractivity contribution in [2.75, 3.05) is 26.4 Å². The quantitative estimate of drug-likeness (QED) is 0.897. The van der Waals surface area contributed by atoms with Crippen LogP contribution in [0, 0.1) is 5.82 Å². The zero-order valence-corrected chi connectivity index (χ0v) is 10.2. The highest BCUT2D eigenvalue weighted by Gasteiger charge is 2.14. The van der Waals surface area contributed by atoms with Gasteiger partial charge in [0.25, 0.3) is 0 Å². The Balaban J connectivity index is 1.79. The van der Waals surface area contributed by atoms with Gasteiger partial charge in [0, 0.05) is 18.7 Å². The van der Waals surface area contributed by atoms with Crippen LogP contribution in [0.2, 0.25) is 5.02 Å². The minimum atomic E-state index is -0.359. The summed E-state index contributed by atoms with van der Waals surface area (Å²) in [6.45, 7) is 2.94. The zero-order valence-electron chi connectivity index (χ0n) is 9.42. The van der Waals surface area contributed by atoms with Crippen LogP contribution in [-0.4, -0.2) is 32.5 Å². The Labute approximate surface area is 105 Å². The molecule has 1 aromatic carbocycles. The average molecular weight is 260 g/mol. The van der Waals surface area contributed by atoms with Crippen molar-refractivity contribution in [3.63, 3.8) is 0 Å². The standard InChI is InChI=1S/C12H15ClFNO2/c13-11-3-1-2-9(12(11)14)6-15-7-10-8-16-4-5-17-10/h1-3,10,15H,4-8H2. The molecule has 1 N–H and O–H groups in total. The minimum Gasteiger partial charge on any atom is -0.376 e. The normalized spacial score (nSPS) is 20.5. The Morgan fingerprint density at radius 2 is 2.29 bits per heavy atom. The predicted molar refractivity (Wildman–Crippen MR) is 63.7 cm³/mol. The number of hydrogen-bond donors (Lipinski definition) is 1. The van der Waals surface area contributed by atoms with Crippen molar-refractivity contribution in [2.24, 2.45) is 0 Å². The maximum Gasteiger partial charge on any atom is 0.146 e. The predicted octanol–water partition coefficient (Wildman–Crippen LogP) is 1.98. The summed E-state index contributed by atoms with van der Waals surface area (Å²) in [6, 6.07) is 4.99. The third kappa shape index (κ3) is 3.64. The largest absolute Gasteiger partial charge is 0.376 e. The lowest BCUT2D eigenvalue weighted by molar-refractivity contribution is -0.0864. The number of ether oxygens (including phenoxy) is 2. The second-order valence-electron chi connectivity index (χ2n) is 3.91. The molecule has 1 aliphatic heterocycles. The molecule has 1 fully saturated rings. The molecule has 2 rings (SSSR count). The minimum absolute atomic E-state index is 0.0472. The average Bonchev–Trinajstić information content (AvgIpc) is 2.36.